The van der Waals surface area contributed by atoms with E-state index >= 15 is 0 Å². The normalized spacial score (nSPS) is 10.9. The number of hydrogen-bond acceptors (Lipinski definition) is 5. The molecule has 0 spiro atoms. The third kappa shape index (κ3) is 3.57. The Balaban J connectivity index is 1.94. The minimum atomic E-state index is -0.452. The molecule has 4 rings (SSSR count). The maximum atomic E-state index is 13.2. The summed E-state index contributed by atoms with van der Waals surface area (Å²) in [4.78, 5) is 38.8. The molecule has 0 saturated heterocycles. The minimum Gasteiger partial charge on any atom is -0.493 e. The second-order valence-corrected chi connectivity index (χ2v) is 7.64. The van der Waals surface area contributed by atoms with E-state index in [4.69, 9.17) is 9.47 Å². The number of hydrogen-bond donors (Lipinski definition) is 1. The van der Waals surface area contributed by atoms with Crippen molar-refractivity contribution in [2.75, 3.05) is 19.6 Å². The Morgan fingerprint density at radius 1 is 0.939 bits per heavy atom. The predicted octanol–water partition coefficient (Wildman–Crippen LogP) is 2.42. The van der Waals surface area contributed by atoms with Gasteiger partial charge in [0.05, 0.1) is 37.0 Å². The van der Waals surface area contributed by atoms with Crippen LogP contribution < -0.4 is 26.1 Å². The van der Waals surface area contributed by atoms with Gasteiger partial charge in [-0.15, -0.1) is 0 Å². The Labute approximate surface area is 189 Å². The van der Waals surface area contributed by atoms with E-state index in [1.54, 1.807) is 31.4 Å². The minimum absolute atomic E-state index is 0.335. The molecule has 0 aliphatic rings. The van der Waals surface area contributed by atoms with Crippen LogP contribution in [0.5, 0.6) is 11.5 Å². The van der Waals surface area contributed by atoms with Crippen LogP contribution in [0.1, 0.15) is 15.9 Å². The van der Waals surface area contributed by atoms with Crippen molar-refractivity contribution in [3.05, 3.63) is 80.6 Å². The summed E-state index contributed by atoms with van der Waals surface area (Å²) in [6.07, 6.45) is 1.58. The fourth-order valence-electron chi connectivity index (χ4n) is 3.88. The van der Waals surface area contributed by atoms with Gasteiger partial charge < -0.3 is 9.47 Å². The van der Waals surface area contributed by atoms with Gasteiger partial charge >= 0.3 is 5.69 Å². The molecule has 9 heteroatoms. The molecular weight excluding hydrogens is 424 g/mol. The number of amides is 1. The van der Waals surface area contributed by atoms with Gasteiger partial charge in [-0.05, 0) is 30.7 Å². The lowest BCUT2D eigenvalue weighted by Gasteiger charge is -2.14. The third-order valence-electron chi connectivity index (χ3n) is 5.71. The molecule has 0 radical (unpaired) electrons. The van der Waals surface area contributed by atoms with Gasteiger partial charge in [0.1, 0.15) is 0 Å². The molecule has 9 nitrogen and oxygen atoms in total. The first-order valence-corrected chi connectivity index (χ1v) is 10.2. The zero-order valence-corrected chi connectivity index (χ0v) is 19.0. The number of aryl methyl sites for hydroxylation is 2. The highest BCUT2D eigenvalue weighted by atomic mass is 16.5. The third-order valence-corrected chi connectivity index (χ3v) is 5.71. The maximum absolute atomic E-state index is 13.2. The molecule has 2 heterocycles. The molecule has 2 aromatic carbocycles. The SMILES string of the molecule is COc1ccc(C(=O)Nn2cc3c(c2-c2ccccc2C)c(=O)n(C)c(=O)n3C)cc1OC. The Morgan fingerprint density at radius 3 is 2.30 bits per heavy atom. The molecule has 0 bridgehead atoms. The van der Waals surface area contributed by atoms with Gasteiger partial charge in [0.15, 0.2) is 11.5 Å². The Kier molecular flexibility index (Phi) is 5.55. The molecule has 0 saturated carbocycles. The fourth-order valence-corrected chi connectivity index (χ4v) is 3.88. The monoisotopic (exact) mass is 448 g/mol. The molecule has 0 aliphatic carbocycles. The zero-order valence-electron chi connectivity index (χ0n) is 19.0. The molecular formula is C24H24N4O5. The van der Waals surface area contributed by atoms with E-state index in [0.717, 1.165) is 15.7 Å². The summed E-state index contributed by atoms with van der Waals surface area (Å²) in [5.74, 6) is 0.492. The standard InChI is InChI=1S/C24H24N4O5/c1-14-8-6-7-9-16(14)21-20-17(26(2)24(31)27(3)23(20)30)13-28(21)25-22(29)15-10-11-18(32-4)19(12-15)33-5/h6-13H,1-5H3,(H,25,29). The van der Waals surface area contributed by atoms with E-state index in [1.807, 2.05) is 31.2 Å². The molecule has 0 fully saturated rings. The van der Waals surface area contributed by atoms with Crippen molar-refractivity contribution in [3.63, 3.8) is 0 Å². The van der Waals surface area contributed by atoms with E-state index in [-0.39, 0.29) is 0 Å². The highest BCUT2D eigenvalue weighted by molar-refractivity contribution is 6.02. The molecule has 4 aromatic rings. The number of aromatic nitrogens is 3. The van der Waals surface area contributed by atoms with Crippen LogP contribution in [0.3, 0.4) is 0 Å². The summed E-state index contributed by atoms with van der Waals surface area (Å²) in [5.41, 5.74) is 4.86. The van der Waals surface area contributed by atoms with E-state index in [2.05, 4.69) is 5.43 Å². The van der Waals surface area contributed by atoms with Crippen LogP contribution in [0.25, 0.3) is 22.2 Å². The number of carbonyl (C=O) groups excluding carboxylic acids is 1. The van der Waals surface area contributed by atoms with E-state index in [9.17, 15) is 14.4 Å². The van der Waals surface area contributed by atoms with E-state index in [0.29, 0.717) is 33.7 Å². The quantitative estimate of drug-likeness (QED) is 0.506. The van der Waals surface area contributed by atoms with Gasteiger partial charge in [0, 0.05) is 25.2 Å². The molecule has 2 aromatic heterocycles. The first kappa shape index (κ1) is 21.9. The fraction of sp³-hybridized carbons (Fsp3) is 0.208. The van der Waals surface area contributed by atoms with Crippen molar-refractivity contribution in [2.45, 2.75) is 6.92 Å². The number of rotatable bonds is 5. The van der Waals surface area contributed by atoms with E-state index < -0.39 is 17.2 Å². The number of nitrogens with one attached hydrogen (secondary N) is 1. The Bertz CT molecular complexity index is 1510. The van der Waals surface area contributed by atoms with Gasteiger partial charge in [0.2, 0.25) is 0 Å². The lowest BCUT2D eigenvalue weighted by molar-refractivity contribution is 0.101. The first-order chi connectivity index (χ1) is 15.8. The molecule has 0 unspecified atom stereocenters. The van der Waals surface area contributed by atoms with Crippen molar-refractivity contribution in [2.24, 2.45) is 14.1 Å². The zero-order chi connectivity index (χ0) is 23.9. The highest BCUT2D eigenvalue weighted by Crippen LogP contribution is 2.31. The molecule has 170 valence electrons. The average Bonchev–Trinajstić information content (AvgIpc) is 3.20. The number of methoxy groups -OCH3 is 2. The smallest absolute Gasteiger partial charge is 0.330 e. The molecule has 0 atom stereocenters. The van der Waals surface area contributed by atoms with Crippen LogP contribution >= 0.6 is 0 Å². The maximum Gasteiger partial charge on any atom is 0.330 e. The Hall–Kier alpha value is -4.27. The number of fused-ring (bicyclic) bond motifs is 1. The Morgan fingerprint density at radius 2 is 1.64 bits per heavy atom. The van der Waals surface area contributed by atoms with Crippen LogP contribution in [-0.2, 0) is 14.1 Å². The summed E-state index contributed by atoms with van der Waals surface area (Å²) < 4.78 is 14.5. The topological polar surface area (TPSA) is 96.5 Å². The average molecular weight is 448 g/mol. The van der Waals surface area contributed by atoms with Crippen molar-refractivity contribution in [3.8, 4) is 22.8 Å². The van der Waals surface area contributed by atoms with Crippen LogP contribution in [-0.4, -0.2) is 33.9 Å². The lowest BCUT2D eigenvalue weighted by atomic mass is 10.0. The van der Waals surface area contributed by atoms with Gasteiger partial charge in [-0.3, -0.25) is 28.8 Å². The molecule has 1 amide bonds. The summed E-state index contributed by atoms with van der Waals surface area (Å²) >= 11 is 0. The predicted molar refractivity (Wildman–Crippen MR) is 126 cm³/mol. The second kappa shape index (κ2) is 8.34. The highest BCUT2D eigenvalue weighted by Gasteiger charge is 2.22. The summed E-state index contributed by atoms with van der Waals surface area (Å²) in [6, 6.07) is 12.4. The van der Waals surface area contributed by atoms with Crippen LogP contribution in [0.15, 0.2) is 58.3 Å². The first-order valence-electron chi connectivity index (χ1n) is 10.2. The van der Waals surface area contributed by atoms with Crippen molar-refractivity contribution >= 4 is 16.8 Å². The lowest BCUT2D eigenvalue weighted by Crippen LogP contribution is -2.36. The summed E-state index contributed by atoms with van der Waals surface area (Å²) in [6.45, 7) is 1.92. The number of benzene rings is 2. The number of carbonyl (C=O) groups is 1. The van der Waals surface area contributed by atoms with Crippen molar-refractivity contribution < 1.29 is 14.3 Å². The van der Waals surface area contributed by atoms with Crippen LogP contribution in [0.4, 0.5) is 0 Å². The van der Waals surface area contributed by atoms with Gasteiger partial charge in [0.25, 0.3) is 11.5 Å². The largest absolute Gasteiger partial charge is 0.493 e. The van der Waals surface area contributed by atoms with Crippen molar-refractivity contribution in [1.29, 1.82) is 0 Å². The van der Waals surface area contributed by atoms with Crippen molar-refractivity contribution in [1.82, 2.24) is 13.8 Å². The number of nitrogens with zero attached hydrogens (tertiary/aromatic N) is 3. The van der Waals surface area contributed by atoms with Gasteiger partial charge in [-0.25, -0.2) is 4.79 Å². The van der Waals surface area contributed by atoms with E-state index in [1.165, 1.54) is 30.5 Å². The van der Waals surface area contributed by atoms with Gasteiger partial charge in [-0.1, -0.05) is 24.3 Å². The number of ether oxygens (including phenoxy) is 2. The summed E-state index contributed by atoms with van der Waals surface area (Å²) in [5, 5.41) is 0.335. The van der Waals surface area contributed by atoms with Gasteiger partial charge in [-0.2, -0.15) is 0 Å². The van der Waals surface area contributed by atoms with Crippen LogP contribution in [0.2, 0.25) is 0 Å². The molecule has 1 N–H and O–H groups in total. The van der Waals surface area contributed by atoms with Crippen LogP contribution in [0, 0.1) is 6.92 Å². The summed E-state index contributed by atoms with van der Waals surface area (Å²) in [7, 11) is 6.03. The molecule has 0 aliphatic heterocycles. The molecule has 33 heavy (non-hydrogen) atoms. The second-order valence-electron chi connectivity index (χ2n) is 7.64.